The Morgan fingerprint density at radius 3 is 2.27 bits per heavy atom. The number of hydrogen-bond acceptors (Lipinski definition) is 2. The summed E-state index contributed by atoms with van der Waals surface area (Å²) < 4.78 is 0. The van der Waals surface area contributed by atoms with Gasteiger partial charge in [0.25, 0.3) is 0 Å². The van der Waals surface area contributed by atoms with Crippen molar-refractivity contribution in [2.45, 2.75) is 52.0 Å². The average molecular weight is 213 g/mol. The molecule has 0 bridgehead atoms. The van der Waals surface area contributed by atoms with Gasteiger partial charge in [0.15, 0.2) is 0 Å². The molecular weight excluding hydrogens is 186 g/mol. The summed E-state index contributed by atoms with van der Waals surface area (Å²) in [6.07, 6.45) is 6.83. The molecule has 0 aliphatic heterocycles. The molecule has 0 spiro atoms. The van der Waals surface area contributed by atoms with E-state index in [9.17, 15) is 0 Å². The molecule has 0 atom stereocenters. The zero-order chi connectivity index (χ0) is 11.3. The summed E-state index contributed by atoms with van der Waals surface area (Å²) in [5, 5.41) is 8.90. The molecule has 0 aromatic carbocycles. The average Bonchev–Trinajstić information content (AvgIpc) is 2.18. The van der Waals surface area contributed by atoms with Crippen LogP contribution < -0.4 is 0 Å². The van der Waals surface area contributed by atoms with E-state index >= 15 is 0 Å². The molecule has 1 N–H and O–H groups in total. The Balaban J connectivity index is 2.23. The molecule has 1 fully saturated rings. The lowest BCUT2D eigenvalue weighted by Crippen LogP contribution is -2.37. The van der Waals surface area contributed by atoms with Crippen LogP contribution >= 0.6 is 0 Å². The van der Waals surface area contributed by atoms with Crippen LogP contribution in [0.1, 0.15) is 46.0 Å². The Morgan fingerprint density at radius 2 is 1.80 bits per heavy atom. The first-order valence-corrected chi connectivity index (χ1v) is 6.44. The molecule has 90 valence electrons. The topological polar surface area (TPSA) is 23.5 Å². The highest BCUT2D eigenvalue weighted by Crippen LogP contribution is 2.31. The third kappa shape index (κ3) is 4.52. The predicted molar refractivity (Wildman–Crippen MR) is 64.9 cm³/mol. The van der Waals surface area contributed by atoms with Crippen LogP contribution in [0.25, 0.3) is 0 Å². The van der Waals surface area contributed by atoms with E-state index in [-0.39, 0.29) is 0 Å². The second-order valence-corrected chi connectivity index (χ2v) is 5.51. The molecule has 2 heteroatoms. The lowest BCUT2D eigenvalue weighted by Gasteiger charge is -2.35. The number of rotatable bonds is 5. The molecule has 0 heterocycles. The molecular formula is C13H27NO. The van der Waals surface area contributed by atoms with E-state index in [2.05, 4.69) is 25.8 Å². The summed E-state index contributed by atoms with van der Waals surface area (Å²) in [6, 6.07) is 0.723. The maximum absolute atomic E-state index is 8.90. The molecule has 0 saturated heterocycles. The number of nitrogens with zero attached hydrogens (tertiary/aromatic N) is 1. The number of hydrogen-bond donors (Lipinski definition) is 1. The van der Waals surface area contributed by atoms with E-state index in [0.29, 0.717) is 6.61 Å². The van der Waals surface area contributed by atoms with E-state index in [1.54, 1.807) is 0 Å². The number of aliphatic hydroxyl groups is 1. The van der Waals surface area contributed by atoms with E-state index in [1.807, 2.05) is 0 Å². The van der Waals surface area contributed by atoms with Crippen molar-refractivity contribution in [3.63, 3.8) is 0 Å². The molecule has 1 aliphatic rings. The Morgan fingerprint density at radius 1 is 1.20 bits per heavy atom. The van der Waals surface area contributed by atoms with Crippen LogP contribution in [-0.4, -0.2) is 36.2 Å². The summed E-state index contributed by atoms with van der Waals surface area (Å²) in [5.41, 5.74) is 0. The number of likely N-dealkylation sites (N-methyl/N-ethyl adjacent to an activating group) is 1. The van der Waals surface area contributed by atoms with E-state index < -0.39 is 0 Å². The van der Waals surface area contributed by atoms with E-state index in [4.69, 9.17) is 5.11 Å². The Labute approximate surface area is 94.7 Å². The van der Waals surface area contributed by atoms with Gasteiger partial charge >= 0.3 is 0 Å². The SMILES string of the molecule is CC(C)CC1CCC(N(C)CCO)CC1. The number of aliphatic hydroxyl groups excluding tert-OH is 1. The van der Waals surface area contributed by atoms with Crippen LogP contribution in [0.3, 0.4) is 0 Å². The van der Waals surface area contributed by atoms with Gasteiger partial charge in [-0.2, -0.15) is 0 Å². The smallest absolute Gasteiger partial charge is 0.0558 e. The zero-order valence-corrected chi connectivity index (χ0v) is 10.6. The minimum Gasteiger partial charge on any atom is -0.395 e. The summed E-state index contributed by atoms with van der Waals surface area (Å²) in [6.45, 7) is 5.77. The third-order valence-corrected chi connectivity index (χ3v) is 3.70. The lowest BCUT2D eigenvalue weighted by molar-refractivity contribution is 0.131. The first kappa shape index (κ1) is 13.0. The summed E-state index contributed by atoms with van der Waals surface area (Å²) in [5.74, 6) is 1.81. The van der Waals surface area contributed by atoms with Crippen LogP contribution in [0.15, 0.2) is 0 Å². The van der Waals surface area contributed by atoms with Gasteiger partial charge in [-0.15, -0.1) is 0 Å². The van der Waals surface area contributed by atoms with Crippen molar-refractivity contribution in [2.24, 2.45) is 11.8 Å². The van der Waals surface area contributed by atoms with Crippen molar-refractivity contribution in [3.05, 3.63) is 0 Å². The Kier molecular flexibility index (Phi) is 5.62. The largest absolute Gasteiger partial charge is 0.395 e. The standard InChI is InChI=1S/C13H27NO/c1-11(2)10-12-4-6-13(7-5-12)14(3)8-9-15/h11-13,15H,4-10H2,1-3H3. The van der Waals surface area contributed by atoms with Crippen molar-refractivity contribution in [2.75, 3.05) is 20.2 Å². The van der Waals surface area contributed by atoms with Gasteiger partial charge in [0.1, 0.15) is 0 Å². The molecule has 0 radical (unpaired) electrons. The van der Waals surface area contributed by atoms with Crippen molar-refractivity contribution in [3.8, 4) is 0 Å². The zero-order valence-electron chi connectivity index (χ0n) is 10.6. The third-order valence-electron chi connectivity index (χ3n) is 3.70. The van der Waals surface area contributed by atoms with E-state index in [0.717, 1.165) is 24.4 Å². The molecule has 1 aliphatic carbocycles. The molecule has 1 saturated carbocycles. The van der Waals surface area contributed by atoms with Crippen molar-refractivity contribution < 1.29 is 5.11 Å². The van der Waals surface area contributed by atoms with Crippen LogP contribution in [0.5, 0.6) is 0 Å². The maximum atomic E-state index is 8.90. The molecule has 1 rings (SSSR count). The molecule has 15 heavy (non-hydrogen) atoms. The normalized spacial score (nSPS) is 27.6. The summed E-state index contributed by atoms with van der Waals surface area (Å²) in [7, 11) is 2.14. The predicted octanol–water partition coefficient (Wildman–Crippen LogP) is 2.52. The molecule has 2 nitrogen and oxygen atoms in total. The van der Waals surface area contributed by atoms with Crippen molar-refractivity contribution >= 4 is 0 Å². The lowest BCUT2D eigenvalue weighted by atomic mass is 9.81. The van der Waals surface area contributed by atoms with Gasteiger partial charge in [-0.05, 0) is 51.0 Å². The fraction of sp³-hybridized carbons (Fsp3) is 1.00. The van der Waals surface area contributed by atoms with Gasteiger partial charge in [-0.1, -0.05) is 13.8 Å². The minimum absolute atomic E-state index is 0.294. The summed E-state index contributed by atoms with van der Waals surface area (Å²) >= 11 is 0. The van der Waals surface area contributed by atoms with Crippen LogP contribution in [-0.2, 0) is 0 Å². The Bertz CT molecular complexity index is 162. The van der Waals surface area contributed by atoms with Crippen molar-refractivity contribution in [1.82, 2.24) is 4.90 Å². The fourth-order valence-corrected chi connectivity index (χ4v) is 2.83. The monoisotopic (exact) mass is 213 g/mol. The molecule has 0 unspecified atom stereocenters. The van der Waals surface area contributed by atoms with Gasteiger partial charge in [0.2, 0.25) is 0 Å². The molecule has 0 amide bonds. The quantitative estimate of drug-likeness (QED) is 0.758. The van der Waals surface area contributed by atoms with Gasteiger partial charge in [0.05, 0.1) is 6.61 Å². The van der Waals surface area contributed by atoms with Gasteiger partial charge in [-0.3, -0.25) is 0 Å². The highest BCUT2D eigenvalue weighted by atomic mass is 16.3. The maximum Gasteiger partial charge on any atom is 0.0558 e. The fourth-order valence-electron chi connectivity index (χ4n) is 2.83. The van der Waals surface area contributed by atoms with Crippen LogP contribution in [0.2, 0.25) is 0 Å². The Hall–Kier alpha value is -0.0800. The molecule has 0 aromatic heterocycles. The van der Waals surface area contributed by atoms with Crippen LogP contribution in [0, 0.1) is 11.8 Å². The molecule has 0 aromatic rings. The highest BCUT2D eigenvalue weighted by molar-refractivity contribution is 4.78. The van der Waals surface area contributed by atoms with E-state index in [1.165, 1.54) is 32.1 Å². The van der Waals surface area contributed by atoms with Gasteiger partial charge in [0, 0.05) is 12.6 Å². The van der Waals surface area contributed by atoms with Crippen molar-refractivity contribution in [1.29, 1.82) is 0 Å². The second-order valence-electron chi connectivity index (χ2n) is 5.51. The van der Waals surface area contributed by atoms with Gasteiger partial charge < -0.3 is 10.0 Å². The van der Waals surface area contributed by atoms with Gasteiger partial charge in [-0.25, -0.2) is 0 Å². The minimum atomic E-state index is 0.294. The first-order chi connectivity index (χ1) is 7.13. The van der Waals surface area contributed by atoms with Crippen LogP contribution in [0.4, 0.5) is 0 Å². The highest BCUT2D eigenvalue weighted by Gasteiger charge is 2.23. The second kappa shape index (κ2) is 6.49. The first-order valence-electron chi connectivity index (χ1n) is 6.44. The summed E-state index contributed by atoms with van der Waals surface area (Å²) in [4.78, 5) is 2.32.